The van der Waals surface area contributed by atoms with Gasteiger partial charge in [-0.1, -0.05) is 41.9 Å². The summed E-state index contributed by atoms with van der Waals surface area (Å²) in [6.07, 6.45) is -0.631. The first-order chi connectivity index (χ1) is 13.3. The van der Waals surface area contributed by atoms with E-state index in [9.17, 15) is 17.6 Å². The van der Waals surface area contributed by atoms with Gasteiger partial charge in [-0.3, -0.25) is 4.79 Å². The number of carbonyl (C=O) groups is 1. The molecule has 2 aromatic carbocycles. The largest absolute Gasteiger partial charge is 0.478 e. The van der Waals surface area contributed by atoms with Gasteiger partial charge in [0.1, 0.15) is 0 Å². The molecule has 0 unspecified atom stereocenters. The third kappa shape index (κ3) is 4.83. The molecule has 0 spiro atoms. The first kappa shape index (κ1) is 20.6. The molecule has 1 aliphatic rings. The van der Waals surface area contributed by atoms with E-state index in [1.165, 1.54) is 30.0 Å². The lowest BCUT2D eigenvalue weighted by atomic mass is 10.1. The Bertz CT molecular complexity index is 966. The highest BCUT2D eigenvalue weighted by atomic mass is 35.5. The van der Waals surface area contributed by atoms with Gasteiger partial charge in [0, 0.05) is 17.6 Å². The minimum Gasteiger partial charge on any atom is -0.478 e. The van der Waals surface area contributed by atoms with E-state index < -0.39 is 33.7 Å². The Morgan fingerprint density at radius 3 is 2.57 bits per heavy atom. The molecule has 8 heteroatoms. The third-order valence-electron chi connectivity index (χ3n) is 4.72. The summed E-state index contributed by atoms with van der Waals surface area (Å²) in [5.74, 6) is -1.07. The fourth-order valence-electron chi connectivity index (χ4n) is 3.23. The van der Waals surface area contributed by atoms with Crippen LogP contribution in [0.2, 0.25) is 5.02 Å². The van der Waals surface area contributed by atoms with Crippen LogP contribution in [0.15, 0.2) is 48.5 Å². The van der Waals surface area contributed by atoms with Gasteiger partial charge < -0.3 is 9.64 Å². The normalized spacial score (nSPS) is 19.2. The maximum atomic E-state index is 13.9. The first-order valence-corrected chi connectivity index (χ1v) is 11.1. The highest BCUT2D eigenvalue weighted by Crippen LogP contribution is 2.25. The van der Waals surface area contributed by atoms with E-state index in [0.29, 0.717) is 17.0 Å². The Balaban J connectivity index is 1.84. The molecule has 1 fully saturated rings. The van der Waals surface area contributed by atoms with Gasteiger partial charge >= 0.3 is 0 Å². The number of nitrogens with zero attached hydrogens (tertiary/aromatic N) is 1. The van der Waals surface area contributed by atoms with Gasteiger partial charge in [0.05, 0.1) is 11.5 Å². The van der Waals surface area contributed by atoms with Crippen molar-refractivity contribution < 1.29 is 22.3 Å². The molecule has 2 atom stereocenters. The minimum absolute atomic E-state index is 0.0277. The monoisotopic (exact) mass is 425 g/mol. The zero-order valence-corrected chi connectivity index (χ0v) is 16.9. The van der Waals surface area contributed by atoms with Crippen molar-refractivity contribution in [3.63, 3.8) is 0 Å². The van der Waals surface area contributed by atoms with Crippen LogP contribution in [0.4, 0.5) is 4.39 Å². The zero-order valence-electron chi connectivity index (χ0n) is 15.3. The maximum absolute atomic E-state index is 13.9. The topological polar surface area (TPSA) is 63.7 Å². The summed E-state index contributed by atoms with van der Waals surface area (Å²) in [4.78, 5) is 14.6. The molecule has 5 nitrogen and oxygen atoms in total. The maximum Gasteiger partial charge on any atom is 0.263 e. The van der Waals surface area contributed by atoms with E-state index in [2.05, 4.69) is 0 Å². The third-order valence-corrected chi connectivity index (χ3v) is 6.84. The highest BCUT2D eigenvalue weighted by molar-refractivity contribution is 7.91. The van der Waals surface area contributed by atoms with Crippen LogP contribution in [0.25, 0.3) is 0 Å². The molecule has 0 aromatic heterocycles. The molecule has 3 rings (SSSR count). The lowest BCUT2D eigenvalue weighted by molar-refractivity contribution is -0.140. The van der Waals surface area contributed by atoms with Crippen LogP contribution >= 0.6 is 11.6 Å². The second-order valence-corrected chi connectivity index (χ2v) is 9.44. The van der Waals surface area contributed by atoms with Crippen LogP contribution in [0.5, 0.6) is 5.75 Å². The highest BCUT2D eigenvalue weighted by Gasteiger charge is 2.37. The van der Waals surface area contributed by atoms with E-state index in [0.717, 1.165) is 0 Å². The minimum atomic E-state index is -3.20. The van der Waals surface area contributed by atoms with E-state index in [1.807, 2.05) is 0 Å². The number of halogens is 2. The molecule has 0 radical (unpaired) electrons. The van der Waals surface area contributed by atoms with E-state index in [1.54, 1.807) is 30.3 Å². The summed E-state index contributed by atoms with van der Waals surface area (Å²) in [6.45, 7) is 1.68. The fourth-order valence-corrected chi connectivity index (χ4v) is 5.16. The van der Waals surface area contributed by atoms with Crippen LogP contribution in [0.1, 0.15) is 18.9 Å². The molecule has 1 aliphatic heterocycles. The van der Waals surface area contributed by atoms with Gasteiger partial charge in [-0.05, 0) is 37.1 Å². The van der Waals surface area contributed by atoms with Crippen molar-refractivity contribution >= 4 is 27.3 Å². The Labute approximate surface area is 169 Å². The predicted molar refractivity (Wildman–Crippen MR) is 106 cm³/mol. The van der Waals surface area contributed by atoms with Crippen molar-refractivity contribution in [1.29, 1.82) is 0 Å². The van der Waals surface area contributed by atoms with Gasteiger partial charge in [-0.2, -0.15) is 0 Å². The molecule has 1 heterocycles. The van der Waals surface area contributed by atoms with Crippen LogP contribution in [0, 0.1) is 5.82 Å². The Morgan fingerprint density at radius 1 is 1.25 bits per heavy atom. The standard InChI is InChI=1S/C20H21ClFNO4S/c1-14(27-19-9-5-4-8-18(19)22)20(24)23(16-10-11-28(25,26)13-16)12-15-6-2-3-7-17(15)21/h2-9,14,16H,10-13H2,1H3/t14-,16-/m0/s1. The summed E-state index contributed by atoms with van der Waals surface area (Å²) in [7, 11) is -3.20. The fraction of sp³-hybridized carbons (Fsp3) is 0.350. The van der Waals surface area contributed by atoms with Crippen molar-refractivity contribution in [3.8, 4) is 5.75 Å². The summed E-state index contributed by atoms with van der Waals surface area (Å²) >= 11 is 6.23. The molecule has 0 N–H and O–H groups in total. The summed E-state index contributed by atoms with van der Waals surface area (Å²) in [5.41, 5.74) is 0.708. The van der Waals surface area contributed by atoms with E-state index >= 15 is 0 Å². The second kappa shape index (κ2) is 8.49. The molecule has 1 saturated heterocycles. The molecule has 1 amide bonds. The van der Waals surface area contributed by atoms with Crippen molar-refractivity contribution in [2.75, 3.05) is 11.5 Å². The van der Waals surface area contributed by atoms with Crippen molar-refractivity contribution in [1.82, 2.24) is 4.90 Å². The number of amides is 1. The zero-order chi connectivity index (χ0) is 20.3. The molecular weight excluding hydrogens is 405 g/mol. The number of hydrogen-bond donors (Lipinski definition) is 0. The van der Waals surface area contributed by atoms with Gasteiger partial charge in [-0.15, -0.1) is 0 Å². The Kier molecular flexibility index (Phi) is 6.25. The van der Waals surface area contributed by atoms with Crippen LogP contribution < -0.4 is 4.74 Å². The van der Waals surface area contributed by atoms with Crippen molar-refractivity contribution in [2.24, 2.45) is 0 Å². The van der Waals surface area contributed by atoms with E-state index in [-0.39, 0.29) is 23.8 Å². The number of ether oxygens (including phenoxy) is 1. The lowest BCUT2D eigenvalue weighted by Gasteiger charge is -2.31. The number of rotatable bonds is 6. The number of sulfone groups is 1. The van der Waals surface area contributed by atoms with Gasteiger partial charge in [0.2, 0.25) is 0 Å². The Hall–Kier alpha value is -2.12. The molecule has 0 aliphatic carbocycles. The van der Waals surface area contributed by atoms with Crippen molar-refractivity contribution in [3.05, 3.63) is 64.9 Å². The molecule has 0 saturated carbocycles. The predicted octanol–water partition coefficient (Wildman–Crippen LogP) is 3.46. The van der Waals surface area contributed by atoms with Crippen molar-refractivity contribution in [2.45, 2.75) is 32.0 Å². The Morgan fingerprint density at radius 2 is 1.93 bits per heavy atom. The molecule has 2 aromatic rings. The average molecular weight is 426 g/mol. The summed E-state index contributed by atoms with van der Waals surface area (Å²) < 4.78 is 43.3. The average Bonchev–Trinajstić information content (AvgIpc) is 3.02. The van der Waals surface area contributed by atoms with Gasteiger partial charge in [0.15, 0.2) is 27.5 Å². The lowest BCUT2D eigenvalue weighted by Crippen LogP contribution is -2.46. The number of hydrogen-bond acceptors (Lipinski definition) is 4. The number of para-hydroxylation sites is 1. The first-order valence-electron chi connectivity index (χ1n) is 8.92. The SMILES string of the molecule is C[C@H](Oc1ccccc1F)C(=O)N(Cc1ccccc1Cl)[C@H]1CCS(=O)(=O)C1. The number of benzene rings is 2. The molecule has 0 bridgehead atoms. The van der Waals surface area contributed by atoms with E-state index in [4.69, 9.17) is 16.3 Å². The second-order valence-electron chi connectivity index (χ2n) is 6.80. The summed E-state index contributed by atoms with van der Waals surface area (Å²) in [5, 5.41) is 0.490. The smallest absolute Gasteiger partial charge is 0.263 e. The van der Waals surface area contributed by atoms with Gasteiger partial charge in [0.25, 0.3) is 5.91 Å². The van der Waals surface area contributed by atoms with Gasteiger partial charge in [-0.25, -0.2) is 12.8 Å². The number of carbonyl (C=O) groups excluding carboxylic acids is 1. The van der Waals surface area contributed by atoms with Crippen LogP contribution in [-0.2, 0) is 21.2 Å². The molecular formula is C20H21ClFNO4S. The quantitative estimate of drug-likeness (QED) is 0.711. The van der Waals surface area contributed by atoms with Crippen LogP contribution in [-0.4, -0.2) is 42.9 Å². The molecule has 150 valence electrons. The van der Waals surface area contributed by atoms with Crippen LogP contribution in [0.3, 0.4) is 0 Å². The molecule has 28 heavy (non-hydrogen) atoms. The summed E-state index contributed by atoms with van der Waals surface area (Å²) in [6, 6.07) is 12.4.